The van der Waals surface area contributed by atoms with Crippen LogP contribution in [0.4, 0.5) is 10.1 Å². The summed E-state index contributed by atoms with van der Waals surface area (Å²) in [5.41, 5.74) is 0.571. The molecule has 3 rings (SSSR count). The van der Waals surface area contributed by atoms with Crippen molar-refractivity contribution in [2.45, 2.75) is 19.9 Å². The van der Waals surface area contributed by atoms with Gasteiger partial charge >= 0.3 is 0 Å². The number of nitrogens with zero attached hydrogens (tertiary/aromatic N) is 3. The van der Waals surface area contributed by atoms with E-state index >= 15 is 0 Å². The van der Waals surface area contributed by atoms with Crippen molar-refractivity contribution in [3.8, 4) is 6.07 Å². The minimum absolute atomic E-state index is 0.0237. The van der Waals surface area contributed by atoms with Crippen LogP contribution in [0.5, 0.6) is 0 Å². The predicted octanol–water partition coefficient (Wildman–Crippen LogP) is 2.86. The standard InChI is InChI=1S/C21H23FN4O2S/c1-14(2)19(24-20(27)18-7-4-12-29-18)21(28)26-10-8-25(9-11-26)17-6-3-5-16(22)15(17)13-23/h3-7,12,14,19H,8-11H2,1-2H3,(H,24,27). The summed E-state index contributed by atoms with van der Waals surface area (Å²) in [5.74, 6) is -0.967. The number of benzene rings is 1. The van der Waals surface area contributed by atoms with E-state index in [1.165, 1.54) is 17.4 Å². The molecule has 1 fully saturated rings. The molecule has 29 heavy (non-hydrogen) atoms. The van der Waals surface area contributed by atoms with Crippen molar-refractivity contribution < 1.29 is 14.0 Å². The van der Waals surface area contributed by atoms with Crippen LogP contribution in [0.1, 0.15) is 29.1 Å². The molecule has 6 nitrogen and oxygen atoms in total. The minimum Gasteiger partial charge on any atom is -0.367 e. The summed E-state index contributed by atoms with van der Waals surface area (Å²) in [6.45, 7) is 5.68. The number of hydrogen-bond acceptors (Lipinski definition) is 5. The molecule has 0 spiro atoms. The van der Waals surface area contributed by atoms with E-state index in [4.69, 9.17) is 0 Å². The Balaban J connectivity index is 1.66. The number of piperazine rings is 1. The number of thiophene rings is 1. The van der Waals surface area contributed by atoms with Gasteiger partial charge in [-0.1, -0.05) is 26.0 Å². The molecule has 0 aliphatic carbocycles. The summed E-state index contributed by atoms with van der Waals surface area (Å²) in [5, 5.41) is 13.9. The van der Waals surface area contributed by atoms with Gasteiger partial charge in [0.15, 0.2) is 0 Å². The number of nitrogens with one attached hydrogen (secondary N) is 1. The highest BCUT2D eigenvalue weighted by Gasteiger charge is 2.31. The molecule has 0 bridgehead atoms. The van der Waals surface area contributed by atoms with Crippen LogP contribution in [-0.2, 0) is 4.79 Å². The average Bonchev–Trinajstić information content (AvgIpc) is 3.26. The third-order valence-corrected chi connectivity index (χ3v) is 5.87. The lowest BCUT2D eigenvalue weighted by Crippen LogP contribution is -2.56. The van der Waals surface area contributed by atoms with Gasteiger partial charge in [0, 0.05) is 26.2 Å². The van der Waals surface area contributed by atoms with Crippen LogP contribution >= 0.6 is 11.3 Å². The molecule has 2 amide bonds. The van der Waals surface area contributed by atoms with Gasteiger partial charge in [-0.2, -0.15) is 5.26 Å². The molecule has 1 aromatic heterocycles. The zero-order valence-corrected chi connectivity index (χ0v) is 17.2. The van der Waals surface area contributed by atoms with Gasteiger partial charge in [0.05, 0.1) is 10.6 Å². The van der Waals surface area contributed by atoms with E-state index in [1.54, 1.807) is 29.2 Å². The highest BCUT2D eigenvalue weighted by atomic mass is 32.1. The Morgan fingerprint density at radius 2 is 1.90 bits per heavy atom. The fourth-order valence-corrected chi connectivity index (χ4v) is 4.01. The van der Waals surface area contributed by atoms with Crippen LogP contribution in [0.2, 0.25) is 0 Å². The number of hydrogen-bond donors (Lipinski definition) is 1. The summed E-state index contributed by atoms with van der Waals surface area (Å²) in [7, 11) is 0. The monoisotopic (exact) mass is 414 g/mol. The average molecular weight is 415 g/mol. The SMILES string of the molecule is CC(C)C(NC(=O)c1cccs1)C(=O)N1CCN(c2cccc(F)c2C#N)CC1. The second kappa shape index (κ2) is 9.05. The van der Waals surface area contributed by atoms with Crippen molar-refractivity contribution in [1.29, 1.82) is 5.26 Å². The van der Waals surface area contributed by atoms with Gasteiger partial charge in [0.1, 0.15) is 23.5 Å². The third-order valence-electron chi connectivity index (χ3n) is 5.00. The van der Waals surface area contributed by atoms with Crippen molar-refractivity contribution >= 4 is 28.8 Å². The molecule has 152 valence electrons. The van der Waals surface area contributed by atoms with Gasteiger partial charge < -0.3 is 15.1 Å². The van der Waals surface area contributed by atoms with E-state index in [-0.39, 0.29) is 23.3 Å². The summed E-state index contributed by atoms with van der Waals surface area (Å²) in [6, 6.07) is 9.41. The van der Waals surface area contributed by atoms with Crippen molar-refractivity contribution in [2.24, 2.45) is 5.92 Å². The fourth-order valence-electron chi connectivity index (χ4n) is 3.39. The second-order valence-electron chi connectivity index (χ2n) is 7.23. The molecule has 2 aromatic rings. The predicted molar refractivity (Wildman–Crippen MR) is 110 cm³/mol. The van der Waals surface area contributed by atoms with Gasteiger partial charge in [-0.15, -0.1) is 11.3 Å². The van der Waals surface area contributed by atoms with Crippen molar-refractivity contribution in [1.82, 2.24) is 10.2 Å². The smallest absolute Gasteiger partial charge is 0.262 e. The van der Waals surface area contributed by atoms with Gasteiger partial charge in [-0.25, -0.2) is 4.39 Å². The maximum atomic E-state index is 13.9. The fraction of sp³-hybridized carbons (Fsp3) is 0.381. The van der Waals surface area contributed by atoms with E-state index in [2.05, 4.69) is 5.32 Å². The molecule has 1 saturated heterocycles. The lowest BCUT2D eigenvalue weighted by Gasteiger charge is -2.38. The lowest BCUT2D eigenvalue weighted by molar-refractivity contribution is -0.134. The summed E-state index contributed by atoms with van der Waals surface area (Å²) in [6.07, 6.45) is 0. The molecule has 1 aromatic carbocycles. The highest BCUT2D eigenvalue weighted by molar-refractivity contribution is 7.12. The van der Waals surface area contributed by atoms with Gasteiger partial charge in [0.2, 0.25) is 5.91 Å². The number of amides is 2. The molecule has 1 N–H and O–H groups in total. The van der Waals surface area contributed by atoms with Crippen LogP contribution in [0.25, 0.3) is 0 Å². The quantitative estimate of drug-likeness (QED) is 0.816. The first-order chi connectivity index (χ1) is 13.9. The molecule has 1 aliphatic rings. The maximum Gasteiger partial charge on any atom is 0.262 e. The number of nitriles is 1. The van der Waals surface area contributed by atoms with E-state index < -0.39 is 11.9 Å². The minimum atomic E-state index is -0.611. The Hall–Kier alpha value is -2.92. The first-order valence-electron chi connectivity index (χ1n) is 9.49. The highest BCUT2D eigenvalue weighted by Crippen LogP contribution is 2.24. The molecule has 0 radical (unpaired) electrons. The second-order valence-corrected chi connectivity index (χ2v) is 8.18. The zero-order chi connectivity index (χ0) is 21.0. The normalized spacial score (nSPS) is 15.1. The van der Waals surface area contributed by atoms with E-state index in [1.807, 2.05) is 30.2 Å². The van der Waals surface area contributed by atoms with Crippen LogP contribution in [0.3, 0.4) is 0 Å². The van der Waals surface area contributed by atoms with Gasteiger partial charge in [0.25, 0.3) is 5.91 Å². The molecule has 1 atom stereocenters. The molecule has 0 saturated carbocycles. The van der Waals surface area contributed by atoms with Crippen LogP contribution in [-0.4, -0.2) is 48.9 Å². The van der Waals surface area contributed by atoms with E-state index in [0.717, 1.165) is 0 Å². The van der Waals surface area contributed by atoms with E-state index in [0.29, 0.717) is 36.7 Å². The molecule has 2 heterocycles. The molecule has 1 unspecified atom stereocenters. The molecular weight excluding hydrogens is 391 g/mol. The van der Waals surface area contributed by atoms with Crippen molar-refractivity contribution in [3.05, 3.63) is 52.0 Å². The Bertz CT molecular complexity index is 915. The Morgan fingerprint density at radius 1 is 1.17 bits per heavy atom. The van der Waals surface area contributed by atoms with Crippen molar-refractivity contribution in [3.63, 3.8) is 0 Å². The van der Waals surface area contributed by atoms with E-state index in [9.17, 15) is 19.2 Å². The van der Waals surface area contributed by atoms with Gasteiger partial charge in [-0.05, 0) is 29.5 Å². The first-order valence-corrected chi connectivity index (χ1v) is 10.4. The Labute approximate surface area is 173 Å². The van der Waals surface area contributed by atoms with Crippen LogP contribution in [0, 0.1) is 23.1 Å². The van der Waals surface area contributed by atoms with Crippen LogP contribution in [0.15, 0.2) is 35.7 Å². The van der Waals surface area contributed by atoms with Crippen LogP contribution < -0.4 is 10.2 Å². The first kappa shape index (κ1) is 20.8. The number of anilines is 1. The molecule has 1 aliphatic heterocycles. The lowest BCUT2D eigenvalue weighted by atomic mass is 10.0. The number of rotatable bonds is 5. The topological polar surface area (TPSA) is 76.4 Å². The zero-order valence-electron chi connectivity index (χ0n) is 16.4. The van der Waals surface area contributed by atoms with Gasteiger partial charge in [-0.3, -0.25) is 9.59 Å². The number of halogens is 1. The Morgan fingerprint density at radius 3 is 2.48 bits per heavy atom. The molecule has 8 heteroatoms. The third kappa shape index (κ3) is 4.57. The van der Waals surface area contributed by atoms with Crippen molar-refractivity contribution in [2.75, 3.05) is 31.1 Å². The Kier molecular flexibility index (Phi) is 6.49. The molecular formula is C21H23FN4O2S. The number of carbonyl (C=O) groups excluding carboxylic acids is 2. The number of carbonyl (C=O) groups is 2. The maximum absolute atomic E-state index is 13.9. The summed E-state index contributed by atoms with van der Waals surface area (Å²) >= 11 is 1.33. The summed E-state index contributed by atoms with van der Waals surface area (Å²) < 4.78 is 13.9. The summed E-state index contributed by atoms with van der Waals surface area (Å²) in [4.78, 5) is 29.7. The largest absolute Gasteiger partial charge is 0.367 e.